The highest BCUT2D eigenvalue weighted by atomic mass is 16.6. The molecule has 2 aromatic heterocycles. The highest BCUT2D eigenvalue weighted by molar-refractivity contribution is 5.82. The summed E-state index contributed by atoms with van der Waals surface area (Å²) in [5, 5.41) is 16.0. The summed E-state index contributed by atoms with van der Waals surface area (Å²) < 4.78 is 3.88. The van der Waals surface area contributed by atoms with Crippen molar-refractivity contribution in [3.8, 4) is 0 Å². The van der Waals surface area contributed by atoms with Crippen molar-refractivity contribution in [2.75, 3.05) is 0 Å². The normalized spacial score (nSPS) is 11.1. The number of benzene rings is 1. The zero-order chi connectivity index (χ0) is 14.1. The molecule has 3 rings (SSSR count). The minimum atomic E-state index is -0.363. The maximum Gasteiger partial charge on any atom is 0.271 e. The number of fused-ring (bicyclic) bond motifs is 1. The van der Waals surface area contributed by atoms with E-state index >= 15 is 0 Å². The van der Waals surface area contributed by atoms with Gasteiger partial charge in [-0.1, -0.05) is 0 Å². The van der Waals surface area contributed by atoms with Gasteiger partial charge in [0.1, 0.15) is 0 Å². The number of nitro benzene ring substituents is 1. The number of nitro groups is 1. The SMILES string of the molecule is Cn1nccc1CCn1ccc2ccc([N+](=O)[O-])cc21. The number of non-ortho nitro benzene ring substituents is 1. The first kappa shape index (κ1) is 12.4. The molecule has 0 bridgehead atoms. The van der Waals surface area contributed by atoms with Crippen LogP contribution < -0.4 is 0 Å². The third-order valence-electron chi connectivity index (χ3n) is 3.50. The summed E-state index contributed by atoms with van der Waals surface area (Å²) in [5.41, 5.74) is 2.15. The van der Waals surface area contributed by atoms with Crippen molar-refractivity contribution in [3.63, 3.8) is 0 Å². The van der Waals surface area contributed by atoms with Gasteiger partial charge >= 0.3 is 0 Å². The van der Waals surface area contributed by atoms with E-state index in [0.29, 0.717) is 0 Å². The van der Waals surface area contributed by atoms with Gasteiger partial charge in [-0.25, -0.2) is 0 Å². The molecule has 0 N–H and O–H groups in total. The fourth-order valence-corrected chi connectivity index (χ4v) is 2.36. The number of rotatable bonds is 4. The molecule has 20 heavy (non-hydrogen) atoms. The van der Waals surface area contributed by atoms with Crippen LogP contribution in [0.25, 0.3) is 10.9 Å². The van der Waals surface area contributed by atoms with E-state index in [1.165, 1.54) is 6.07 Å². The molecule has 0 amide bonds. The Bertz CT molecular complexity index is 772. The van der Waals surface area contributed by atoms with Gasteiger partial charge in [0.2, 0.25) is 0 Å². The summed E-state index contributed by atoms with van der Waals surface area (Å²) in [7, 11) is 1.91. The molecule has 0 unspecified atom stereocenters. The third kappa shape index (κ3) is 2.16. The summed E-state index contributed by atoms with van der Waals surface area (Å²) in [4.78, 5) is 10.5. The Morgan fingerprint density at radius 3 is 2.85 bits per heavy atom. The summed E-state index contributed by atoms with van der Waals surface area (Å²) >= 11 is 0. The fourth-order valence-electron chi connectivity index (χ4n) is 2.36. The largest absolute Gasteiger partial charge is 0.347 e. The lowest BCUT2D eigenvalue weighted by Gasteiger charge is -2.06. The van der Waals surface area contributed by atoms with Crippen molar-refractivity contribution < 1.29 is 4.92 Å². The molecule has 102 valence electrons. The van der Waals surface area contributed by atoms with E-state index in [-0.39, 0.29) is 10.6 Å². The van der Waals surface area contributed by atoms with Crippen LogP contribution in [0, 0.1) is 10.1 Å². The van der Waals surface area contributed by atoms with E-state index in [2.05, 4.69) is 5.10 Å². The van der Waals surface area contributed by atoms with E-state index in [1.807, 2.05) is 34.6 Å². The van der Waals surface area contributed by atoms with Crippen molar-refractivity contribution in [2.45, 2.75) is 13.0 Å². The molecule has 2 heterocycles. The van der Waals surface area contributed by atoms with Gasteiger partial charge in [-0.3, -0.25) is 14.8 Å². The fraction of sp³-hybridized carbons (Fsp3) is 0.214. The van der Waals surface area contributed by atoms with Gasteiger partial charge in [0, 0.05) is 55.6 Å². The molecule has 0 saturated carbocycles. The van der Waals surface area contributed by atoms with Gasteiger partial charge in [0.25, 0.3) is 5.69 Å². The van der Waals surface area contributed by atoms with Gasteiger partial charge in [-0.15, -0.1) is 0 Å². The van der Waals surface area contributed by atoms with Crippen molar-refractivity contribution in [1.82, 2.24) is 14.3 Å². The predicted molar refractivity (Wildman–Crippen MR) is 75.5 cm³/mol. The molecule has 0 fully saturated rings. The third-order valence-corrected chi connectivity index (χ3v) is 3.50. The zero-order valence-electron chi connectivity index (χ0n) is 11.1. The van der Waals surface area contributed by atoms with E-state index in [1.54, 1.807) is 18.3 Å². The molecule has 6 heteroatoms. The van der Waals surface area contributed by atoms with Gasteiger partial charge in [-0.2, -0.15) is 5.10 Å². The van der Waals surface area contributed by atoms with Crippen molar-refractivity contribution in [3.05, 3.63) is 58.5 Å². The second-order valence-electron chi connectivity index (χ2n) is 4.71. The van der Waals surface area contributed by atoms with Gasteiger partial charge in [0.05, 0.1) is 10.4 Å². The quantitative estimate of drug-likeness (QED) is 0.540. The maximum atomic E-state index is 10.9. The van der Waals surface area contributed by atoms with Crippen LogP contribution in [0.1, 0.15) is 5.69 Å². The van der Waals surface area contributed by atoms with Crippen LogP contribution in [-0.2, 0) is 20.0 Å². The Morgan fingerprint density at radius 2 is 2.15 bits per heavy atom. The van der Waals surface area contributed by atoms with Crippen LogP contribution in [0.15, 0.2) is 42.7 Å². The predicted octanol–water partition coefficient (Wildman–Crippen LogP) is 2.53. The molecule has 0 aliphatic carbocycles. The van der Waals surface area contributed by atoms with Crippen LogP contribution >= 0.6 is 0 Å². The molecule has 6 nitrogen and oxygen atoms in total. The van der Waals surface area contributed by atoms with Crippen LogP contribution in [-0.4, -0.2) is 19.3 Å². The maximum absolute atomic E-state index is 10.9. The Labute approximate surface area is 115 Å². The number of nitrogens with zero attached hydrogens (tertiary/aromatic N) is 4. The van der Waals surface area contributed by atoms with Crippen molar-refractivity contribution >= 4 is 16.6 Å². The zero-order valence-corrected chi connectivity index (χ0v) is 11.1. The Hall–Kier alpha value is -2.63. The van der Waals surface area contributed by atoms with Crippen LogP contribution in [0.3, 0.4) is 0 Å². The number of hydrogen-bond acceptors (Lipinski definition) is 3. The number of aromatic nitrogens is 3. The number of aryl methyl sites for hydroxylation is 3. The van der Waals surface area contributed by atoms with Gasteiger partial charge < -0.3 is 4.57 Å². The second-order valence-corrected chi connectivity index (χ2v) is 4.71. The molecule has 3 aromatic rings. The van der Waals surface area contributed by atoms with Crippen LogP contribution in [0.5, 0.6) is 0 Å². The van der Waals surface area contributed by atoms with Gasteiger partial charge in [0.15, 0.2) is 0 Å². The lowest BCUT2D eigenvalue weighted by Crippen LogP contribution is -2.04. The molecule has 0 atom stereocenters. The van der Waals surface area contributed by atoms with Gasteiger partial charge in [-0.05, 0) is 18.2 Å². The minimum absolute atomic E-state index is 0.123. The monoisotopic (exact) mass is 270 g/mol. The van der Waals surface area contributed by atoms with E-state index in [4.69, 9.17) is 0 Å². The first-order chi connectivity index (χ1) is 9.65. The average Bonchev–Trinajstić information content (AvgIpc) is 3.02. The molecule has 1 aromatic carbocycles. The molecular weight excluding hydrogens is 256 g/mol. The van der Waals surface area contributed by atoms with E-state index < -0.39 is 0 Å². The lowest BCUT2D eigenvalue weighted by atomic mass is 10.2. The summed E-state index contributed by atoms with van der Waals surface area (Å²) in [6.07, 6.45) is 4.57. The molecule has 0 radical (unpaired) electrons. The van der Waals surface area contributed by atoms with E-state index in [0.717, 1.165) is 29.6 Å². The molecule has 0 spiro atoms. The van der Waals surface area contributed by atoms with E-state index in [9.17, 15) is 10.1 Å². The Balaban J connectivity index is 1.89. The highest BCUT2D eigenvalue weighted by Crippen LogP contribution is 2.22. The molecule has 0 aliphatic rings. The first-order valence-electron chi connectivity index (χ1n) is 6.35. The standard InChI is InChI=1S/C14H14N4O2/c1-16-12(4-7-15-16)6-9-17-8-5-11-2-3-13(18(19)20)10-14(11)17/h2-5,7-8,10H,6,9H2,1H3. The second kappa shape index (κ2) is 4.80. The summed E-state index contributed by atoms with van der Waals surface area (Å²) in [6.45, 7) is 0.768. The average molecular weight is 270 g/mol. The topological polar surface area (TPSA) is 65.9 Å². The van der Waals surface area contributed by atoms with Crippen molar-refractivity contribution in [2.24, 2.45) is 7.05 Å². The highest BCUT2D eigenvalue weighted by Gasteiger charge is 2.09. The molecule has 0 saturated heterocycles. The summed E-state index contributed by atoms with van der Waals surface area (Å²) in [6, 6.07) is 8.90. The Kier molecular flexibility index (Phi) is 2.98. The van der Waals surface area contributed by atoms with Crippen LogP contribution in [0.2, 0.25) is 0 Å². The minimum Gasteiger partial charge on any atom is -0.347 e. The van der Waals surface area contributed by atoms with Crippen LogP contribution in [0.4, 0.5) is 5.69 Å². The Morgan fingerprint density at radius 1 is 1.30 bits per heavy atom. The smallest absolute Gasteiger partial charge is 0.271 e. The van der Waals surface area contributed by atoms with Crippen molar-refractivity contribution in [1.29, 1.82) is 0 Å². The summed E-state index contributed by atoms with van der Waals surface area (Å²) in [5.74, 6) is 0. The lowest BCUT2D eigenvalue weighted by molar-refractivity contribution is -0.384. The first-order valence-corrected chi connectivity index (χ1v) is 6.35. The number of hydrogen-bond donors (Lipinski definition) is 0. The molecule has 0 aliphatic heterocycles. The molecular formula is C14H14N4O2.